The van der Waals surface area contributed by atoms with Crippen molar-refractivity contribution in [2.75, 3.05) is 47.6 Å². The van der Waals surface area contributed by atoms with E-state index in [1.54, 1.807) is 7.11 Å². The van der Waals surface area contributed by atoms with E-state index in [1.807, 2.05) is 27.8 Å². The second-order valence-corrected chi connectivity index (χ2v) is 10.6. The number of fused-ring (bicyclic) bond motifs is 1. The smallest absolute Gasteiger partial charge is 0.222 e. The van der Waals surface area contributed by atoms with Gasteiger partial charge in [-0.1, -0.05) is 40.5 Å². The Morgan fingerprint density at radius 3 is 2.62 bits per heavy atom. The normalized spacial score (nSPS) is 19.3. The number of Topliss-reactive ketones (excluding diaryl/α,β-unsaturated/α-hetero) is 2. The van der Waals surface area contributed by atoms with Gasteiger partial charge in [0.25, 0.3) is 0 Å². The van der Waals surface area contributed by atoms with Gasteiger partial charge in [0.05, 0.1) is 42.7 Å². The van der Waals surface area contributed by atoms with Crippen LogP contribution in [0.2, 0.25) is 0 Å². The number of nitrogens with one attached hydrogen (secondary N) is 1. The maximum absolute atomic E-state index is 13.5. The van der Waals surface area contributed by atoms with Gasteiger partial charge < -0.3 is 30.4 Å². The Bertz CT molecular complexity index is 984. The molecule has 0 radical (unpaired) electrons. The summed E-state index contributed by atoms with van der Waals surface area (Å²) in [6.45, 7) is 11.1. The first-order chi connectivity index (χ1) is 20.4. The maximum atomic E-state index is 13.5. The molecule has 0 aromatic carbocycles. The average molecular weight is 593 g/mol. The monoisotopic (exact) mass is 592 g/mol. The van der Waals surface area contributed by atoms with Crippen LogP contribution in [0.5, 0.6) is 5.88 Å². The van der Waals surface area contributed by atoms with Crippen molar-refractivity contribution in [2.45, 2.75) is 98.0 Å². The number of aliphatic hydroxyl groups excluding tert-OH is 1. The topological polar surface area (TPSA) is 146 Å². The van der Waals surface area contributed by atoms with E-state index in [9.17, 15) is 9.59 Å². The van der Waals surface area contributed by atoms with E-state index >= 15 is 0 Å². The zero-order chi connectivity index (χ0) is 31.5. The summed E-state index contributed by atoms with van der Waals surface area (Å²) in [7, 11) is 4.63. The Labute approximate surface area is 253 Å². The van der Waals surface area contributed by atoms with E-state index in [4.69, 9.17) is 35.0 Å². The van der Waals surface area contributed by atoms with E-state index in [0.717, 1.165) is 63.4 Å². The summed E-state index contributed by atoms with van der Waals surface area (Å²) in [5.41, 5.74) is 9.06. The molecule has 240 valence electrons. The molecular formula is C32H56N4O6. The molecule has 42 heavy (non-hydrogen) atoms. The van der Waals surface area contributed by atoms with Gasteiger partial charge in [-0.25, -0.2) is 4.98 Å². The Morgan fingerprint density at radius 2 is 1.98 bits per heavy atom. The van der Waals surface area contributed by atoms with Gasteiger partial charge in [-0.05, 0) is 58.0 Å². The van der Waals surface area contributed by atoms with E-state index in [1.165, 1.54) is 0 Å². The third-order valence-corrected chi connectivity index (χ3v) is 7.49. The summed E-state index contributed by atoms with van der Waals surface area (Å²) >= 11 is 0. The number of carbonyl (C=O) groups is 2. The molecule has 3 atom stereocenters. The van der Waals surface area contributed by atoms with Crippen molar-refractivity contribution in [3.8, 4) is 5.88 Å². The van der Waals surface area contributed by atoms with Gasteiger partial charge in [-0.2, -0.15) is 4.98 Å². The second-order valence-electron chi connectivity index (χ2n) is 10.6. The maximum Gasteiger partial charge on any atom is 0.222 e. The highest BCUT2D eigenvalue weighted by atomic mass is 16.5. The molecule has 10 nitrogen and oxygen atoms in total. The van der Waals surface area contributed by atoms with Crippen LogP contribution in [0.4, 0.5) is 0 Å². The number of hydrogen-bond acceptors (Lipinski definition) is 10. The number of ketones is 2. The molecule has 1 fully saturated rings. The fourth-order valence-corrected chi connectivity index (χ4v) is 5.23. The SMILES string of the molecule is CC.CCC/C(C(=O)C1CCCCC1=O)=C(/N)c1nc(OC[C@@H](C)CCCNC)c2c(n1)[C@@H](CCOC)COC2.CO. The highest BCUT2D eigenvalue weighted by molar-refractivity contribution is 6.13. The van der Waals surface area contributed by atoms with Crippen molar-refractivity contribution in [1.29, 1.82) is 0 Å². The summed E-state index contributed by atoms with van der Waals surface area (Å²) in [5, 5.41) is 10.2. The van der Waals surface area contributed by atoms with Gasteiger partial charge in [0.2, 0.25) is 5.88 Å². The van der Waals surface area contributed by atoms with Crippen LogP contribution in [0.15, 0.2) is 5.57 Å². The molecule has 2 aliphatic rings. The predicted octanol–water partition coefficient (Wildman–Crippen LogP) is 4.57. The standard InChI is InChI=1S/C29H46N4O5.C2H6.CH4O/c1-5-9-22(27(35)21-11-6-7-12-24(21)34)25(30)28-32-26-20(13-15-36-4)17-37-18-23(26)29(33-28)38-16-19(2)10-8-14-31-3;2*1-2/h19-21,31H,5-18,30H2,1-4H3;1-2H3;2H,1H3/b25-22-;;/t19-,20-,21?;;/m0../s1. The Balaban J connectivity index is 0.00000211. The Hall–Kier alpha value is -2.40. The fourth-order valence-electron chi connectivity index (χ4n) is 5.23. The zero-order valence-corrected chi connectivity index (χ0v) is 27.1. The van der Waals surface area contributed by atoms with Crippen molar-refractivity contribution < 1.29 is 28.9 Å². The van der Waals surface area contributed by atoms with Crippen molar-refractivity contribution in [3.05, 3.63) is 22.7 Å². The molecule has 1 aliphatic heterocycles. The predicted molar refractivity (Wildman–Crippen MR) is 166 cm³/mol. The van der Waals surface area contributed by atoms with Gasteiger partial charge in [-0.3, -0.25) is 9.59 Å². The van der Waals surface area contributed by atoms with Gasteiger partial charge in [0, 0.05) is 38.7 Å². The molecule has 1 aromatic rings. The molecule has 0 amide bonds. The lowest BCUT2D eigenvalue weighted by Gasteiger charge is -2.27. The van der Waals surface area contributed by atoms with Crippen LogP contribution in [-0.2, 0) is 25.7 Å². The molecular weight excluding hydrogens is 536 g/mol. The first-order valence-electron chi connectivity index (χ1n) is 15.7. The first kappa shape index (κ1) is 37.6. The molecule has 1 aliphatic carbocycles. The lowest BCUT2D eigenvalue weighted by molar-refractivity contribution is -0.132. The number of nitrogens with two attached hydrogens (primary N) is 1. The molecule has 1 unspecified atom stereocenters. The molecule has 1 aromatic heterocycles. The zero-order valence-electron chi connectivity index (χ0n) is 27.1. The van der Waals surface area contributed by atoms with E-state index in [-0.39, 0.29) is 23.2 Å². The highest BCUT2D eigenvalue weighted by Gasteiger charge is 2.33. The molecule has 3 rings (SSSR count). The number of allylic oxidation sites excluding steroid dienone is 1. The van der Waals surface area contributed by atoms with Crippen molar-refractivity contribution in [3.63, 3.8) is 0 Å². The minimum Gasteiger partial charge on any atom is -0.477 e. The van der Waals surface area contributed by atoms with Gasteiger partial charge in [0.1, 0.15) is 5.78 Å². The number of hydrogen-bond donors (Lipinski definition) is 3. The van der Waals surface area contributed by atoms with E-state index in [2.05, 4.69) is 12.2 Å². The number of methoxy groups -OCH3 is 1. The van der Waals surface area contributed by atoms with E-state index < -0.39 is 5.92 Å². The molecule has 1 saturated carbocycles. The first-order valence-corrected chi connectivity index (χ1v) is 15.7. The van der Waals surface area contributed by atoms with Crippen molar-refractivity contribution >= 4 is 17.3 Å². The minimum atomic E-state index is -0.612. The van der Waals surface area contributed by atoms with Crippen LogP contribution < -0.4 is 15.8 Å². The van der Waals surface area contributed by atoms with E-state index in [0.29, 0.717) is 68.9 Å². The van der Waals surface area contributed by atoms with Crippen molar-refractivity contribution in [1.82, 2.24) is 15.3 Å². The number of ether oxygens (including phenoxy) is 3. The molecule has 2 heterocycles. The van der Waals surface area contributed by atoms with Crippen LogP contribution in [0.1, 0.15) is 108 Å². The number of carbonyl (C=O) groups excluding carboxylic acids is 2. The largest absolute Gasteiger partial charge is 0.477 e. The summed E-state index contributed by atoms with van der Waals surface area (Å²) in [4.78, 5) is 35.7. The van der Waals surface area contributed by atoms with Crippen LogP contribution in [-0.4, -0.2) is 74.3 Å². The summed E-state index contributed by atoms with van der Waals surface area (Å²) in [6.07, 6.45) is 6.79. The summed E-state index contributed by atoms with van der Waals surface area (Å²) in [6, 6.07) is 0. The Kier molecular flexibility index (Phi) is 19.1. The number of rotatable bonds is 15. The lowest BCUT2D eigenvalue weighted by Crippen LogP contribution is -2.30. The summed E-state index contributed by atoms with van der Waals surface area (Å²) < 4.78 is 17.5. The summed E-state index contributed by atoms with van der Waals surface area (Å²) in [5.74, 6) is 0.344. The van der Waals surface area contributed by atoms with Crippen LogP contribution >= 0.6 is 0 Å². The van der Waals surface area contributed by atoms with Gasteiger partial charge >= 0.3 is 0 Å². The number of nitrogens with zero attached hydrogens (tertiary/aromatic N) is 2. The molecule has 0 saturated heterocycles. The average Bonchev–Trinajstić information content (AvgIpc) is 3.03. The van der Waals surface area contributed by atoms with Crippen molar-refractivity contribution in [2.24, 2.45) is 17.6 Å². The fraction of sp³-hybridized carbons (Fsp3) is 0.750. The number of aromatic nitrogens is 2. The minimum absolute atomic E-state index is 0.00824. The molecule has 4 N–H and O–H groups in total. The quantitative estimate of drug-likeness (QED) is 0.150. The van der Waals surface area contributed by atoms with Gasteiger partial charge in [-0.15, -0.1) is 0 Å². The number of aliphatic hydroxyl groups is 1. The van der Waals surface area contributed by atoms with Crippen LogP contribution in [0.25, 0.3) is 5.70 Å². The highest BCUT2D eigenvalue weighted by Crippen LogP contribution is 2.35. The van der Waals surface area contributed by atoms with Crippen LogP contribution in [0.3, 0.4) is 0 Å². The van der Waals surface area contributed by atoms with Crippen LogP contribution in [0, 0.1) is 11.8 Å². The third kappa shape index (κ3) is 11.0. The molecule has 10 heteroatoms. The Morgan fingerprint density at radius 1 is 1.24 bits per heavy atom. The molecule has 0 spiro atoms. The second kappa shape index (κ2) is 21.3. The molecule has 0 bridgehead atoms. The van der Waals surface area contributed by atoms with Gasteiger partial charge in [0.15, 0.2) is 11.6 Å². The third-order valence-electron chi connectivity index (χ3n) is 7.49. The lowest BCUT2D eigenvalue weighted by atomic mass is 9.81.